The molecule has 0 amide bonds. The zero-order valence-electron chi connectivity index (χ0n) is 14.9. The molecule has 0 saturated heterocycles. The molecule has 136 valence electrons. The van der Waals surface area contributed by atoms with Crippen LogP contribution in [0.3, 0.4) is 0 Å². The van der Waals surface area contributed by atoms with Gasteiger partial charge in [-0.2, -0.15) is 0 Å². The minimum Gasteiger partial charge on any atom is -0.386 e. The molecule has 1 rings (SSSR count). The van der Waals surface area contributed by atoms with Crippen molar-refractivity contribution >= 4 is 17.6 Å². The first-order valence-electron chi connectivity index (χ1n) is 8.56. The van der Waals surface area contributed by atoms with Gasteiger partial charge in [0, 0.05) is 31.3 Å². The molecule has 0 aliphatic rings. The third-order valence-corrected chi connectivity index (χ3v) is 3.48. The highest BCUT2D eigenvalue weighted by molar-refractivity contribution is 6.30. The van der Waals surface area contributed by atoms with E-state index in [-0.39, 0.29) is 0 Å². The number of nitrogens with zero attached hydrogens (tertiary/aromatic N) is 1. The van der Waals surface area contributed by atoms with Crippen LogP contribution < -0.4 is 10.6 Å². The minimum atomic E-state index is -0.646. The quantitative estimate of drug-likeness (QED) is 0.343. The molecule has 5 nitrogen and oxygen atoms in total. The number of hydrogen-bond acceptors (Lipinski definition) is 3. The molecule has 0 aromatic heterocycles. The van der Waals surface area contributed by atoms with Crippen molar-refractivity contribution in [3.05, 3.63) is 34.9 Å². The van der Waals surface area contributed by atoms with Crippen molar-refractivity contribution in [3.63, 3.8) is 0 Å². The fourth-order valence-corrected chi connectivity index (χ4v) is 2.14. The van der Waals surface area contributed by atoms with Gasteiger partial charge in [0.15, 0.2) is 5.96 Å². The second kappa shape index (κ2) is 12.1. The molecule has 0 radical (unpaired) electrons. The van der Waals surface area contributed by atoms with Crippen LogP contribution in [-0.4, -0.2) is 43.9 Å². The maximum atomic E-state index is 10.2. The fourth-order valence-electron chi connectivity index (χ4n) is 2.01. The van der Waals surface area contributed by atoms with E-state index in [9.17, 15) is 5.11 Å². The summed E-state index contributed by atoms with van der Waals surface area (Å²) in [5.74, 6) is 1.26. The van der Waals surface area contributed by atoms with Gasteiger partial charge < -0.3 is 20.5 Å². The molecule has 24 heavy (non-hydrogen) atoms. The van der Waals surface area contributed by atoms with Gasteiger partial charge in [-0.25, -0.2) is 0 Å². The van der Waals surface area contributed by atoms with Crippen LogP contribution in [0.2, 0.25) is 5.02 Å². The van der Waals surface area contributed by atoms with E-state index in [0.29, 0.717) is 23.4 Å². The normalized spacial score (nSPS) is 13.2. The number of aliphatic hydroxyl groups excluding tert-OH is 1. The van der Waals surface area contributed by atoms with Crippen molar-refractivity contribution in [2.75, 3.05) is 32.8 Å². The molecular formula is C18H30ClN3O2. The average Bonchev–Trinajstić information content (AvgIpc) is 2.55. The molecule has 1 aromatic carbocycles. The van der Waals surface area contributed by atoms with Gasteiger partial charge in [-0.05, 0) is 37.0 Å². The van der Waals surface area contributed by atoms with Crippen LogP contribution in [0.25, 0.3) is 0 Å². The van der Waals surface area contributed by atoms with Crippen molar-refractivity contribution < 1.29 is 9.84 Å². The van der Waals surface area contributed by atoms with Crippen LogP contribution in [0.15, 0.2) is 29.3 Å². The van der Waals surface area contributed by atoms with E-state index in [1.807, 2.05) is 19.1 Å². The van der Waals surface area contributed by atoms with Crippen LogP contribution in [0, 0.1) is 5.92 Å². The summed E-state index contributed by atoms with van der Waals surface area (Å²) in [6.07, 6.45) is 0.267. The third kappa shape index (κ3) is 9.11. The number of halogens is 1. The van der Waals surface area contributed by atoms with Gasteiger partial charge in [-0.15, -0.1) is 0 Å². The van der Waals surface area contributed by atoms with Crippen LogP contribution in [0.5, 0.6) is 0 Å². The van der Waals surface area contributed by atoms with E-state index < -0.39 is 6.10 Å². The predicted octanol–water partition coefficient (Wildman–Crippen LogP) is 2.99. The number of guanidine groups is 1. The Morgan fingerprint density at radius 1 is 1.25 bits per heavy atom. The Bertz CT molecular complexity index is 478. The van der Waals surface area contributed by atoms with E-state index in [1.54, 1.807) is 12.1 Å². The van der Waals surface area contributed by atoms with Crippen molar-refractivity contribution in [1.29, 1.82) is 0 Å². The molecule has 0 fully saturated rings. The number of nitrogens with one attached hydrogen (secondary N) is 2. The summed E-state index contributed by atoms with van der Waals surface area (Å²) < 4.78 is 5.55. The summed E-state index contributed by atoms with van der Waals surface area (Å²) in [7, 11) is 0. The zero-order valence-corrected chi connectivity index (χ0v) is 15.6. The van der Waals surface area contributed by atoms with E-state index in [0.717, 1.165) is 38.3 Å². The Kier molecular flexibility index (Phi) is 10.5. The molecule has 0 heterocycles. The number of aliphatic hydroxyl groups is 1. The van der Waals surface area contributed by atoms with Crippen molar-refractivity contribution in [2.45, 2.75) is 33.3 Å². The number of benzene rings is 1. The first-order valence-corrected chi connectivity index (χ1v) is 8.94. The molecular weight excluding hydrogens is 326 g/mol. The van der Waals surface area contributed by atoms with Gasteiger partial charge >= 0.3 is 0 Å². The molecule has 6 heteroatoms. The maximum Gasteiger partial charge on any atom is 0.191 e. The summed E-state index contributed by atoms with van der Waals surface area (Å²) in [6, 6.07) is 7.17. The Morgan fingerprint density at radius 3 is 2.58 bits per heavy atom. The second-order valence-electron chi connectivity index (χ2n) is 6.04. The van der Waals surface area contributed by atoms with Gasteiger partial charge in [0.25, 0.3) is 0 Å². The smallest absolute Gasteiger partial charge is 0.191 e. The number of aliphatic imine (C=N–C) groups is 1. The summed E-state index contributed by atoms with van der Waals surface area (Å²) >= 11 is 5.86. The molecule has 0 spiro atoms. The van der Waals surface area contributed by atoms with Gasteiger partial charge in [-0.1, -0.05) is 37.6 Å². The lowest BCUT2D eigenvalue weighted by atomic mass is 10.1. The molecule has 0 aliphatic carbocycles. The fraction of sp³-hybridized carbons (Fsp3) is 0.611. The Balaban J connectivity index is 2.37. The average molecular weight is 356 g/mol. The topological polar surface area (TPSA) is 65.9 Å². The lowest BCUT2D eigenvalue weighted by Crippen LogP contribution is -2.38. The molecule has 1 atom stereocenters. The van der Waals surface area contributed by atoms with Gasteiger partial charge in [0.1, 0.15) is 0 Å². The zero-order chi connectivity index (χ0) is 17.8. The number of rotatable bonds is 10. The monoisotopic (exact) mass is 355 g/mol. The highest BCUT2D eigenvalue weighted by atomic mass is 35.5. The van der Waals surface area contributed by atoms with E-state index in [4.69, 9.17) is 16.3 Å². The first kappa shape index (κ1) is 20.7. The molecule has 0 saturated carbocycles. The molecule has 1 unspecified atom stereocenters. The second-order valence-corrected chi connectivity index (χ2v) is 6.47. The van der Waals surface area contributed by atoms with Crippen molar-refractivity contribution in [2.24, 2.45) is 10.9 Å². The Hall–Kier alpha value is -1.30. The highest BCUT2D eigenvalue weighted by Crippen LogP contribution is 2.16. The molecule has 3 N–H and O–H groups in total. The molecule has 0 bridgehead atoms. The van der Waals surface area contributed by atoms with Gasteiger partial charge in [-0.3, -0.25) is 4.99 Å². The summed E-state index contributed by atoms with van der Waals surface area (Å²) in [4.78, 5) is 4.43. The SMILES string of the molecule is CCNC(=NCC(O)c1ccc(Cl)cc1)NCCCOCC(C)C. The van der Waals surface area contributed by atoms with E-state index >= 15 is 0 Å². The Labute approximate surface area is 150 Å². The van der Waals surface area contributed by atoms with E-state index in [2.05, 4.69) is 29.5 Å². The molecule has 0 aliphatic heterocycles. The lowest BCUT2D eigenvalue weighted by Gasteiger charge is -2.13. The lowest BCUT2D eigenvalue weighted by molar-refractivity contribution is 0.108. The van der Waals surface area contributed by atoms with Gasteiger partial charge in [0.05, 0.1) is 12.6 Å². The van der Waals surface area contributed by atoms with E-state index in [1.165, 1.54) is 0 Å². The van der Waals surface area contributed by atoms with Crippen molar-refractivity contribution in [3.8, 4) is 0 Å². The van der Waals surface area contributed by atoms with Crippen LogP contribution in [0.4, 0.5) is 0 Å². The molecule has 1 aromatic rings. The van der Waals surface area contributed by atoms with Gasteiger partial charge in [0.2, 0.25) is 0 Å². The third-order valence-electron chi connectivity index (χ3n) is 3.23. The Morgan fingerprint density at radius 2 is 1.96 bits per heavy atom. The van der Waals surface area contributed by atoms with Crippen LogP contribution in [0.1, 0.15) is 38.9 Å². The first-order chi connectivity index (χ1) is 11.5. The standard InChI is InChI=1S/C18H30ClN3O2/c1-4-20-18(21-10-5-11-24-13-14(2)3)22-12-17(23)15-6-8-16(19)9-7-15/h6-9,14,17,23H,4-5,10-13H2,1-3H3,(H2,20,21,22). The summed E-state index contributed by atoms with van der Waals surface area (Å²) in [6.45, 7) is 9.66. The number of ether oxygens (including phenoxy) is 1. The maximum absolute atomic E-state index is 10.2. The van der Waals surface area contributed by atoms with Crippen molar-refractivity contribution in [1.82, 2.24) is 10.6 Å². The minimum absolute atomic E-state index is 0.292. The van der Waals surface area contributed by atoms with Crippen LogP contribution in [-0.2, 0) is 4.74 Å². The largest absolute Gasteiger partial charge is 0.386 e. The predicted molar refractivity (Wildman–Crippen MR) is 101 cm³/mol. The van der Waals surface area contributed by atoms with Crippen LogP contribution >= 0.6 is 11.6 Å². The summed E-state index contributed by atoms with van der Waals surface area (Å²) in [5.41, 5.74) is 0.807. The highest BCUT2D eigenvalue weighted by Gasteiger charge is 2.07. The number of hydrogen-bond donors (Lipinski definition) is 3. The summed E-state index contributed by atoms with van der Waals surface area (Å²) in [5, 5.41) is 17.3.